The van der Waals surface area contributed by atoms with Gasteiger partial charge in [-0.1, -0.05) is 57.5 Å². The molecule has 1 rings (SSSR count). The Morgan fingerprint density at radius 2 is 1.83 bits per heavy atom. The highest BCUT2D eigenvalue weighted by molar-refractivity contribution is 5.82. The maximum Gasteiger partial charge on any atom is 0.237 e. The maximum atomic E-state index is 12.0. The molecule has 0 aliphatic rings. The Morgan fingerprint density at radius 1 is 1.22 bits per heavy atom. The fourth-order valence-electron chi connectivity index (χ4n) is 1.89. The van der Waals surface area contributed by atoms with Gasteiger partial charge in [0.15, 0.2) is 0 Å². The Hall–Kier alpha value is -1.35. The van der Waals surface area contributed by atoms with E-state index in [2.05, 4.69) is 12.2 Å². The Bertz CT molecular complexity index is 364. The van der Waals surface area contributed by atoms with Gasteiger partial charge in [-0.15, -0.1) is 0 Å². The first-order valence-electron chi connectivity index (χ1n) is 6.71. The normalized spacial score (nSPS) is 15.8. The third-order valence-electron chi connectivity index (χ3n) is 3.49. The lowest BCUT2D eigenvalue weighted by Gasteiger charge is -2.23. The average Bonchev–Trinajstić information content (AvgIpc) is 2.43. The van der Waals surface area contributed by atoms with Gasteiger partial charge in [-0.25, -0.2) is 0 Å². The van der Waals surface area contributed by atoms with Gasteiger partial charge in [0.25, 0.3) is 0 Å². The van der Waals surface area contributed by atoms with Gasteiger partial charge in [-0.2, -0.15) is 0 Å². The molecule has 100 valence electrons. The highest BCUT2D eigenvalue weighted by Gasteiger charge is 2.22. The summed E-state index contributed by atoms with van der Waals surface area (Å²) in [5.74, 6) is 0.151. The number of carbonyl (C=O) groups is 1. The van der Waals surface area contributed by atoms with Crippen molar-refractivity contribution < 1.29 is 4.79 Å². The van der Waals surface area contributed by atoms with Gasteiger partial charge in [-0.3, -0.25) is 4.79 Å². The Balaban J connectivity index is 2.67. The molecule has 0 bridgehead atoms. The second-order valence-electron chi connectivity index (χ2n) is 4.79. The molecule has 3 N–H and O–H groups in total. The third kappa shape index (κ3) is 3.84. The first kappa shape index (κ1) is 14.7. The molecule has 0 saturated heterocycles. The van der Waals surface area contributed by atoms with Crippen molar-refractivity contribution >= 4 is 5.91 Å². The molecule has 0 radical (unpaired) electrons. The summed E-state index contributed by atoms with van der Waals surface area (Å²) in [6.45, 7) is 6.12. The third-order valence-corrected chi connectivity index (χ3v) is 3.49. The van der Waals surface area contributed by atoms with Crippen molar-refractivity contribution in [3.8, 4) is 0 Å². The quantitative estimate of drug-likeness (QED) is 0.813. The molecular formula is C15H24N2O. The van der Waals surface area contributed by atoms with Crippen molar-refractivity contribution in [1.29, 1.82) is 0 Å². The summed E-state index contributed by atoms with van der Waals surface area (Å²) in [6, 6.07) is 9.63. The largest absolute Gasteiger partial charge is 0.348 e. The minimum absolute atomic E-state index is 0.0498. The summed E-state index contributed by atoms with van der Waals surface area (Å²) in [5, 5.41) is 3.03. The Kier molecular flexibility index (Phi) is 5.86. The molecule has 1 aromatic rings. The van der Waals surface area contributed by atoms with Crippen LogP contribution in [0.5, 0.6) is 0 Å². The molecule has 0 saturated carbocycles. The Labute approximate surface area is 110 Å². The standard InChI is InChI=1S/C15H24N2O/c1-4-11(3)14(16)15(18)17-13(5-2)12-9-7-6-8-10-12/h6-11,13-14H,4-5,16H2,1-3H3,(H,17,18)/t11-,13-,14-/m0/s1. The molecule has 0 spiro atoms. The summed E-state index contributed by atoms with van der Waals surface area (Å²) < 4.78 is 0. The second-order valence-corrected chi connectivity index (χ2v) is 4.79. The summed E-state index contributed by atoms with van der Waals surface area (Å²) in [4.78, 5) is 12.0. The minimum Gasteiger partial charge on any atom is -0.348 e. The summed E-state index contributed by atoms with van der Waals surface area (Å²) in [6.07, 6.45) is 1.78. The lowest BCUT2D eigenvalue weighted by Crippen LogP contribution is -2.45. The van der Waals surface area contributed by atoms with Crippen molar-refractivity contribution in [3.63, 3.8) is 0 Å². The van der Waals surface area contributed by atoms with Crippen LogP contribution in [0.1, 0.15) is 45.2 Å². The van der Waals surface area contributed by atoms with E-state index in [0.717, 1.165) is 18.4 Å². The fraction of sp³-hybridized carbons (Fsp3) is 0.533. The number of benzene rings is 1. The molecule has 18 heavy (non-hydrogen) atoms. The van der Waals surface area contributed by atoms with Crippen LogP contribution in [0.25, 0.3) is 0 Å². The van der Waals surface area contributed by atoms with E-state index in [0.29, 0.717) is 0 Å². The molecular weight excluding hydrogens is 224 g/mol. The van der Waals surface area contributed by atoms with Crippen LogP contribution in [0.15, 0.2) is 30.3 Å². The number of hydrogen-bond acceptors (Lipinski definition) is 2. The molecule has 3 nitrogen and oxygen atoms in total. The van der Waals surface area contributed by atoms with Crippen LogP contribution in [0.3, 0.4) is 0 Å². The van der Waals surface area contributed by atoms with Crippen molar-refractivity contribution in [3.05, 3.63) is 35.9 Å². The molecule has 0 fully saturated rings. The highest BCUT2D eigenvalue weighted by Crippen LogP contribution is 2.16. The van der Waals surface area contributed by atoms with Crippen LogP contribution in [0.4, 0.5) is 0 Å². The van der Waals surface area contributed by atoms with Crippen molar-refractivity contribution in [2.45, 2.75) is 45.7 Å². The zero-order chi connectivity index (χ0) is 13.5. The molecule has 0 aliphatic heterocycles. The molecule has 0 heterocycles. The van der Waals surface area contributed by atoms with E-state index < -0.39 is 6.04 Å². The van der Waals surface area contributed by atoms with Crippen molar-refractivity contribution in [1.82, 2.24) is 5.32 Å². The number of nitrogens with two attached hydrogens (primary N) is 1. The van der Waals surface area contributed by atoms with E-state index in [4.69, 9.17) is 5.73 Å². The van der Waals surface area contributed by atoms with E-state index >= 15 is 0 Å². The van der Waals surface area contributed by atoms with Crippen LogP contribution in [0.2, 0.25) is 0 Å². The minimum atomic E-state index is -0.423. The number of carbonyl (C=O) groups excluding carboxylic acids is 1. The summed E-state index contributed by atoms with van der Waals surface area (Å²) in [7, 11) is 0. The molecule has 3 heteroatoms. The van der Waals surface area contributed by atoms with E-state index in [9.17, 15) is 4.79 Å². The lowest BCUT2D eigenvalue weighted by molar-refractivity contribution is -0.124. The van der Waals surface area contributed by atoms with Crippen molar-refractivity contribution in [2.75, 3.05) is 0 Å². The molecule has 0 aromatic heterocycles. The predicted octanol–water partition coefficient (Wildman–Crippen LogP) is 2.63. The van der Waals surface area contributed by atoms with Crippen LogP contribution < -0.4 is 11.1 Å². The predicted molar refractivity (Wildman–Crippen MR) is 75.0 cm³/mol. The lowest BCUT2D eigenvalue weighted by atomic mass is 9.98. The van der Waals surface area contributed by atoms with E-state index in [1.54, 1.807) is 0 Å². The number of amides is 1. The number of nitrogens with one attached hydrogen (secondary N) is 1. The van der Waals surface area contributed by atoms with Crippen LogP contribution in [-0.4, -0.2) is 11.9 Å². The molecule has 3 atom stereocenters. The zero-order valence-electron chi connectivity index (χ0n) is 11.5. The number of rotatable bonds is 6. The summed E-state index contributed by atoms with van der Waals surface area (Å²) in [5.41, 5.74) is 7.07. The Morgan fingerprint density at radius 3 is 2.33 bits per heavy atom. The van der Waals surface area contributed by atoms with Gasteiger partial charge in [0.05, 0.1) is 12.1 Å². The van der Waals surface area contributed by atoms with Gasteiger partial charge in [0, 0.05) is 0 Å². The smallest absolute Gasteiger partial charge is 0.237 e. The van der Waals surface area contributed by atoms with Gasteiger partial charge >= 0.3 is 0 Å². The van der Waals surface area contributed by atoms with Gasteiger partial charge in [0.2, 0.25) is 5.91 Å². The van der Waals surface area contributed by atoms with Crippen LogP contribution in [-0.2, 0) is 4.79 Å². The van der Waals surface area contributed by atoms with Crippen molar-refractivity contribution in [2.24, 2.45) is 11.7 Å². The molecule has 0 unspecified atom stereocenters. The van der Waals surface area contributed by atoms with E-state index in [1.807, 2.05) is 44.2 Å². The first-order valence-corrected chi connectivity index (χ1v) is 6.71. The number of hydrogen-bond donors (Lipinski definition) is 2. The summed E-state index contributed by atoms with van der Waals surface area (Å²) >= 11 is 0. The fourth-order valence-corrected chi connectivity index (χ4v) is 1.89. The van der Waals surface area contributed by atoms with E-state index in [1.165, 1.54) is 0 Å². The van der Waals surface area contributed by atoms with Gasteiger partial charge in [-0.05, 0) is 17.9 Å². The second kappa shape index (κ2) is 7.17. The van der Waals surface area contributed by atoms with Crippen LogP contribution >= 0.6 is 0 Å². The average molecular weight is 248 g/mol. The van der Waals surface area contributed by atoms with Gasteiger partial charge in [0.1, 0.15) is 0 Å². The van der Waals surface area contributed by atoms with Crippen LogP contribution in [0, 0.1) is 5.92 Å². The topological polar surface area (TPSA) is 55.1 Å². The molecule has 1 amide bonds. The van der Waals surface area contributed by atoms with E-state index in [-0.39, 0.29) is 17.9 Å². The SMILES string of the molecule is CC[C@H](NC(=O)[C@@H](N)[C@@H](C)CC)c1ccccc1. The maximum absolute atomic E-state index is 12.0. The van der Waals surface area contributed by atoms with Gasteiger partial charge < -0.3 is 11.1 Å². The molecule has 1 aromatic carbocycles. The monoisotopic (exact) mass is 248 g/mol. The molecule has 0 aliphatic carbocycles. The first-order chi connectivity index (χ1) is 8.60. The highest BCUT2D eigenvalue weighted by atomic mass is 16.2. The zero-order valence-corrected chi connectivity index (χ0v) is 11.5.